The summed E-state index contributed by atoms with van der Waals surface area (Å²) in [6.45, 7) is 2.73. The smallest absolute Gasteiger partial charge is 0.227 e. The minimum Gasteiger partial charge on any atom is -0.356 e. The van der Waals surface area contributed by atoms with Gasteiger partial charge in [0.05, 0.1) is 5.92 Å². The van der Waals surface area contributed by atoms with Crippen LogP contribution in [0.1, 0.15) is 37.1 Å². The number of aromatic amines is 1. The number of carbonyl (C=O) groups excluding carboxylic acids is 1. The van der Waals surface area contributed by atoms with Crippen LogP contribution in [0.5, 0.6) is 0 Å². The van der Waals surface area contributed by atoms with E-state index in [9.17, 15) is 4.79 Å². The number of nitrogens with zero attached hydrogens (tertiary/aromatic N) is 1. The van der Waals surface area contributed by atoms with E-state index in [4.69, 9.17) is 0 Å². The largest absolute Gasteiger partial charge is 0.356 e. The Morgan fingerprint density at radius 2 is 2.15 bits per heavy atom. The summed E-state index contributed by atoms with van der Waals surface area (Å²) in [5.41, 5.74) is 1.08. The van der Waals surface area contributed by atoms with Crippen molar-refractivity contribution in [2.45, 2.75) is 32.1 Å². The number of carbonyl (C=O) groups is 1. The predicted octanol–water partition coefficient (Wildman–Crippen LogP) is 2.65. The SMILES string of the molecule is CCC(C(=O)NCCCc1ncc[nH]1)c1ccccc1. The summed E-state index contributed by atoms with van der Waals surface area (Å²) in [6, 6.07) is 9.94. The molecule has 0 fully saturated rings. The fourth-order valence-corrected chi connectivity index (χ4v) is 2.28. The molecule has 2 N–H and O–H groups in total. The Morgan fingerprint density at radius 3 is 2.80 bits per heavy atom. The highest BCUT2D eigenvalue weighted by Crippen LogP contribution is 2.19. The number of nitrogens with one attached hydrogen (secondary N) is 2. The van der Waals surface area contributed by atoms with Crippen LogP contribution in [0.15, 0.2) is 42.7 Å². The highest BCUT2D eigenvalue weighted by Gasteiger charge is 2.17. The number of imidazole rings is 1. The summed E-state index contributed by atoms with van der Waals surface area (Å²) in [6.07, 6.45) is 6.13. The highest BCUT2D eigenvalue weighted by molar-refractivity contribution is 5.83. The van der Waals surface area contributed by atoms with Crippen LogP contribution < -0.4 is 5.32 Å². The lowest BCUT2D eigenvalue weighted by Crippen LogP contribution is -2.30. The van der Waals surface area contributed by atoms with Crippen LogP contribution in [0, 0.1) is 0 Å². The first-order valence-electron chi connectivity index (χ1n) is 7.12. The van der Waals surface area contributed by atoms with Gasteiger partial charge in [0, 0.05) is 25.4 Å². The lowest BCUT2D eigenvalue weighted by Gasteiger charge is -2.15. The first kappa shape index (κ1) is 14.3. The molecule has 4 heteroatoms. The zero-order valence-electron chi connectivity index (χ0n) is 11.8. The number of aromatic nitrogens is 2. The lowest BCUT2D eigenvalue weighted by molar-refractivity contribution is -0.122. The van der Waals surface area contributed by atoms with Crippen LogP contribution in [-0.4, -0.2) is 22.4 Å². The van der Waals surface area contributed by atoms with E-state index in [2.05, 4.69) is 15.3 Å². The molecular weight excluding hydrogens is 250 g/mol. The molecule has 1 heterocycles. The zero-order chi connectivity index (χ0) is 14.2. The Balaban J connectivity index is 1.78. The molecule has 1 atom stereocenters. The van der Waals surface area contributed by atoms with Gasteiger partial charge in [0.15, 0.2) is 0 Å². The van der Waals surface area contributed by atoms with Gasteiger partial charge in [-0.05, 0) is 18.4 Å². The maximum atomic E-state index is 12.2. The molecule has 0 bridgehead atoms. The molecule has 1 aromatic heterocycles. The summed E-state index contributed by atoms with van der Waals surface area (Å²) in [5, 5.41) is 3.01. The topological polar surface area (TPSA) is 57.8 Å². The third kappa shape index (κ3) is 3.95. The molecular formula is C16H21N3O. The summed E-state index contributed by atoms with van der Waals surface area (Å²) < 4.78 is 0. The van der Waals surface area contributed by atoms with Crippen LogP contribution in [0.3, 0.4) is 0 Å². The number of hydrogen-bond donors (Lipinski definition) is 2. The quantitative estimate of drug-likeness (QED) is 0.761. The van der Waals surface area contributed by atoms with E-state index in [0.717, 1.165) is 30.7 Å². The molecule has 20 heavy (non-hydrogen) atoms. The minimum atomic E-state index is -0.0557. The molecule has 0 aliphatic carbocycles. The van der Waals surface area contributed by atoms with E-state index in [1.165, 1.54) is 0 Å². The van der Waals surface area contributed by atoms with Crippen LogP contribution in [0.4, 0.5) is 0 Å². The van der Waals surface area contributed by atoms with Gasteiger partial charge in [-0.15, -0.1) is 0 Å². The Labute approximate surface area is 119 Å². The van der Waals surface area contributed by atoms with Gasteiger partial charge >= 0.3 is 0 Å². The van der Waals surface area contributed by atoms with Crippen molar-refractivity contribution in [3.8, 4) is 0 Å². The second-order valence-corrected chi connectivity index (χ2v) is 4.80. The molecule has 1 aromatic carbocycles. The van der Waals surface area contributed by atoms with Crippen molar-refractivity contribution >= 4 is 5.91 Å². The van der Waals surface area contributed by atoms with Crippen molar-refractivity contribution < 1.29 is 4.79 Å². The summed E-state index contributed by atoms with van der Waals surface area (Å²) >= 11 is 0. The molecule has 0 aliphatic rings. The number of rotatable bonds is 7. The first-order valence-corrected chi connectivity index (χ1v) is 7.12. The van der Waals surface area contributed by atoms with Crippen molar-refractivity contribution in [2.24, 2.45) is 0 Å². The Kier molecular flexibility index (Phi) is 5.35. The maximum absolute atomic E-state index is 12.2. The summed E-state index contributed by atoms with van der Waals surface area (Å²) in [7, 11) is 0. The summed E-state index contributed by atoms with van der Waals surface area (Å²) in [4.78, 5) is 19.4. The van der Waals surface area contributed by atoms with Crippen molar-refractivity contribution in [3.05, 3.63) is 54.1 Å². The molecule has 0 radical (unpaired) electrons. The van der Waals surface area contributed by atoms with E-state index in [1.807, 2.05) is 43.5 Å². The maximum Gasteiger partial charge on any atom is 0.227 e. The third-order valence-electron chi connectivity index (χ3n) is 3.37. The van der Waals surface area contributed by atoms with Crippen molar-refractivity contribution in [1.29, 1.82) is 0 Å². The van der Waals surface area contributed by atoms with Gasteiger partial charge in [-0.25, -0.2) is 4.98 Å². The second kappa shape index (κ2) is 7.48. The Morgan fingerprint density at radius 1 is 1.35 bits per heavy atom. The number of aryl methyl sites for hydroxylation is 1. The van der Waals surface area contributed by atoms with Crippen LogP contribution in [0.2, 0.25) is 0 Å². The van der Waals surface area contributed by atoms with Gasteiger partial charge in [-0.1, -0.05) is 37.3 Å². The van der Waals surface area contributed by atoms with Gasteiger partial charge < -0.3 is 10.3 Å². The number of H-pyrrole nitrogens is 1. The third-order valence-corrected chi connectivity index (χ3v) is 3.37. The molecule has 2 rings (SSSR count). The van der Waals surface area contributed by atoms with E-state index < -0.39 is 0 Å². The Hall–Kier alpha value is -2.10. The van der Waals surface area contributed by atoms with Gasteiger partial charge in [0.2, 0.25) is 5.91 Å². The highest BCUT2D eigenvalue weighted by atomic mass is 16.1. The van der Waals surface area contributed by atoms with E-state index in [0.29, 0.717) is 6.54 Å². The molecule has 4 nitrogen and oxygen atoms in total. The van der Waals surface area contributed by atoms with Crippen molar-refractivity contribution in [2.75, 3.05) is 6.54 Å². The summed E-state index contributed by atoms with van der Waals surface area (Å²) in [5.74, 6) is 1.02. The molecule has 0 spiro atoms. The van der Waals surface area contributed by atoms with E-state index in [-0.39, 0.29) is 11.8 Å². The average Bonchev–Trinajstić information content (AvgIpc) is 2.99. The Bertz CT molecular complexity index is 508. The van der Waals surface area contributed by atoms with Gasteiger partial charge in [-0.3, -0.25) is 4.79 Å². The normalized spacial score (nSPS) is 12.1. The number of hydrogen-bond acceptors (Lipinski definition) is 2. The lowest BCUT2D eigenvalue weighted by atomic mass is 9.95. The van der Waals surface area contributed by atoms with Gasteiger partial charge in [-0.2, -0.15) is 0 Å². The molecule has 2 aromatic rings. The molecule has 106 valence electrons. The minimum absolute atomic E-state index is 0.0557. The molecule has 1 unspecified atom stereocenters. The molecule has 0 aliphatic heterocycles. The van der Waals surface area contributed by atoms with Crippen LogP contribution in [-0.2, 0) is 11.2 Å². The zero-order valence-corrected chi connectivity index (χ0v) is 11.8. The molecule has 0 saturated carbocycles. The van der Waals surface area contributed by atoms with Crippen LogP contribution >= 0.6 is 0 Å². The fraction of sp³-hybridized carbons (Fsp3) is 0.375. The molecule has 1 amide bonds. The monoisotopic (exact) mass is 271 g/mol. The first-order chi connectivity index (χ1) is 9.81. The number of benzene rings is 1. The number of amides is 1. The fourth-order valence-electron chi connectivity index (χ4n) is 2.28. The van der Waals surface area contributed by atoms with Crippen molar-refractivity contribution in [1.82, 2.24) is 15.3 Å². The molecule has 0 saturated heterocycles. The van der Waals surface area contributed by atoms with Crippen molar-refractivity contribution in [3.63, 3.8) is 0 Å². The average molecular weight is 271 g/mol. The van der Waals surface area contributed by atoms with E-state index in [1.54, 1.807) is 6.20 Å². The van der Waals surface area contributed by atoms with Gasteiger partial charge in [0.25, 0.3) is 0 Å². The predicted molar refractivity (Wildman–Crippen MR) is 79.4 cm³/mol. The van der Waals surface area contributed by atoms with Crippen LogP contribution in [0.25, 0.3) is 0 Å². The second-order valence-electron chi connectivity index (χ2n) is 4.80. The van der Waals surface area contributed by atoms with Gasteiger partial charge in [0.1, 0.15) is 5.82 Å². The van der Waals surface area contributed by atoms with E-state index >= 15 is 0 Å². The standard InChI is InChI=1S/C16H21N3O/c1-2-14(13-7-4-3-5-8-13)16(20)19-10-6-9-15-17-11-12-18-15/h3-5,7-8,11-12,14H,2,6,9-10H2,1H3,(H,17,18)(H,19,20).